The van der Waals surface area contributed by atoms with Crippen molar-refractivity contribution in [1.29, 1.82) is 0 Å². The van der Waals surface area contributed by atoms with Gasteiger partial charge in [0.2, 0.25) is 0 Å². The molecule has 0 unspecified atom stereocenters. The number of hydrogen-bond donors (Lipinski definition) is 1. The fourth-order valence-electron chi connectivity index (χ4n) is 0.996. The number of rotatable bonds is 2. The minimum Gasteiger partial charge on any atom is -0.216 e. The van der Waals surface area contributed by atoms with Crippen LogP contribution in [0.15, 0.2) is 29.3 Å². The highest BCUT2D eigenvalue weighted by Gasteiger charge is 1.91. The largest absolute Gasteiger partial charge is 0.288 e. The minimum absolute atomic E-state index is 0.338. The van der Waals surface area contributed by atoms with E-state index in [1.165, 1.54) is 5.56 Å². The first-order chi connectivity index (χ1) is 6.84. The van der Waals surface area contributed by atoms with Gasteiger partial charge in [0.15, 0.2) is 0 Å². The molecule has 0 amide bonds. The number of aryl methyl sites for hydroxylation is 1. The van der Waals surface area contributed by atoms with E-state index < -0.39 is 0 Å². The first-order valence-electron chi connectivity index (χ1n) is 4.19. The standard InChI is InChI=1S/C9H9N5/c1-7-2-4-8(5-3-7)6-10-9-11-13-14-12-9/h2-6H,1H3,(H,11,12,13,14)/b10-6+. The third-order valence-electron chi connectivity index (χ3n) is 1.74. The van der Waals surface area contributed by atoms with E-state index in [9.17, 15) is 0 Å². The van der Waals surface area contributed by atoms with Gasteiger partial charge in [0.25, 0.3) is 5.95 Å². The highest BCUT2D eigenvalue weighted by atomic mass is 15.5. The number of aromatic nitrogens is 4. The van der Waals surface area contributed by atoms with E-state index in [2.05, 4.69) is 25.6 Å². The number of H-pyrrole nitrogens is 1. The number of tetrazole rings is 1. The van der Waals surface area contributed by atoms with Gasteiger partial charge in [0, 0.05) is 6.21 Å². The normalized spacial score (nSPS) is 10.9. The van der Waals surface area contributed by atoms with E-state index in [-0.39, 0.29) is 0 Å². The van der Waals surface area contributed by atoms with E-state index in [4.69, 9.17) is 0 Å². The number of nitrogens with zero attached hydrogens (tertiary/aromatic N) is 4. The Morgan fingerprint density at radius 1 is 1.29 bits per heavy atom. The highest BCUT2D eigenvalue weighted by molar-refractivity contribution is 5.81. The second-order valence-electron chi connectivity index (χ2n) is 2.88. The molecule has 0 saturated carbocycles. The Kier molecular flexibility index (Phi) is 2.31. The molecule has 2 rings (SSSR count). The summed E-state index contributed by atoms with van der Waals surface area (Å²) in [6.07, 6.45) is 1.70. The number of aromatic amines is 1. The lowest BCUT2D eigenvalue weighted by Gasteiger charge is -1.92. The van der Waals surface area contributed by atoms with Crippen LogP contribution < -0.4 is 0 Å². The minimum atomic E-state index is 0.338. The Labute approximate surface area is 80.9 Å². The average molecular weight is 187 g/mol. The van der Waals surface area contributed by atoms with Crippen LogP contribution in [0, 0.1) is 6.92 Å². The summed E-state index contributed by atoms with van der Waals surface area (Å²) in [6.45, 7) is 2.04. The fraction of sp³-hybridized carbons (Fsp3) is 0.111. The Hall–Kier alpha value is -2.04. The Morgan fingerprint density at radius 2 is 2.07 bits per heavy atom. The van der Waals surface area contributed by atoms with Gasteiger partial charge in [-0.25, -0.2) is 4.99 Å². The molecule has 0 aliphatic heterocycles. The molecule has 0 aliphatic rings. The van der Waals surface area contributed by atoms with E-state index in [0.29, 0.717) is 5.95 Å². The molecule has 0 fully saturated rings. The lowest BCUT2D eigenvalue weighted by atomic mass is 10.2. The number of benzene rings is 1. The van der Waals surface area contributed by atoms with Crippen molar-refractivity contribution in [3.63, 3.8) is 0 Å². The van der Waals surface area contributed by atoms with Crippen molar-refractivity contribution in [2.75, 3.05) is 0 Å². The summed E-state index contributed by atoms with van der Waals surface area (Å²) in [4.78, 5) is 4.03. The molecule has 0 saturated heterocycles. The smallest absolute Gasteiger partial charge is 0.216 e. The van der Waals surface area contributed by atoms with Gasteiger partial charge >= 0.3 is 0 Å². The molecule has 0 spiro atoms. The van der Waals surface area contributed by atoms with Crippen LogP contribution in [-0.2, 0) is 0 Å². The third-order valence-corrected chi connectivity index (χ3v) is 1.74. The Balaban J connectivity index is 2.15. The number of aliphatic imine (C=N–C) groups is 1. The average Bonchev–Trinajstić information content (AvgIpc) is 2.70. The zero-order valence-corrected chi connectivity index (χ0v) is 7.68. The van der Waals surface area contributed by atoms with Gasteiger partial charge in [0.05, 0.1) is 0 Å². The topological polar surface area (TPSA) is 66.8 Å². The van der Waals surface area contributed by atoms with Gasteiger partial charge in [-0.15, -0.1) is 5.10 Å². The molecule has 5 nitrogen and oxygen atoms in total. The maximum absolute atomic E-state index is 4.03. The molecule has 1 aromatic heterocycles. The SMILES string of the molecule is Cc1ccc(/C=N/c2nn[nH]n2)cc1. The first-order valence-corrected chi connectivity index (χ1v) is 4.19. The predicted molar refractivity (Wildman–Crippen MR) is 52.6 cm³/mol. The zero-order chi connectivity index (χ0) is 9.80. The van der Waals surface area contributed by atoms with Crippen LogP contribution in [0.3, 0.4) is 0 Å². The second kappa shape index (κ2) is 3.78. The number of hydrogen-bond acceptors (Lipinski definition) is 4. The quantitative estimate of drug-likeness (QED) is 0.719. The van der Waals surface area contributed by atoms with Crippen LogP contribution in [-0.4, -0.2) is 26.8 Å². The molecular formula is C9H9N5. The second-order valence-corrected chi connectivity index (χ2v) is 2.88. The van der Waals surface area contributed by atoms with Crippen LogP contribution in [0.5, 0.6) is 0 Å². The molecule has 70 valence electrons. The lowest BCUT2D eigenvalue weighted by molar-refractivity contribution is 0.881. The van der Waals surface area contributed by atoms with Gasteiger partial charge < -0.3 is 0 Å². The van der Waals surface area contributed by atoms with Crippen molar-refractivity contribution < 1.29 is 0 Å². The van der Waals surface area contributed by atoms with Gasteiger partial charge in [-0.1, -0.05) is 34.9 Å². The van der Waals surface area contributed by atoms with Gasteiger partial charge in [0.1, 0.15) is 0 Å². The van der Waals surface area contributed by atoms with Crippen molar-refractivity contribution in [3.8, 4) is 0 Å². The maximum atomic E-state index is 4.03. The Bertz CT molecular complexity index is 415. The van der Waals surface area contributed by atoms with Gasteiger partial charge in [-0.05, 0) is 17.7 Å². The first kappa shape index (κ1) is 8.55. The van der Waals surface area contributed by atoms with Crippen LogP contribution in [0.1, 0.15) is 11.1 Å². The van der Waals surface area contributed by atoms with Crippen LogP contribution in [0.2, 0.25) is 0 Å². The maximum Gasteiger partial charge on any atom is 0.288 e. The van der Waals surface area contributed by atoms with Gasteiger partial charge in [-0.2, -0.15) is 5.21 Å². The number of nitrogens with one attached hydrogen (secondary N) is 1. The molecule has 14 heavy (non-hydrogen) atoms. The van der Waals surface area contributed by atoms with Crippen molar-refractivity contribution in [1.82, 2.24) is 20.6 Å². The summed E-state index contributed by atoms with van der Waals surface area (Å²) in [5.74, 6) is 0.338. The third kappa shape index (κ3) is 2.01. The van der Waals surface area contributed by atoms with E-state index in [0.717, 1.165) is 5.56 Å². The van der Waals surface area contributed by atoms with E-state index in [1.54, 1.807) is 6.21 Å². The summed E-state index contributed by atoms with van der Waals surface area (Å²) in [7, 11) is 0. The molecule has 1 N–H and O–H groups in total. The molecule has 0 atom stereocenters. The predicted octanol–water partition coefficient (Wildman–Crippen LogP) is 1.26. The molecule has 0 bridgehead atoms. The van der Waals surface area contributed by atoms with Crippen LogP contribution in [0.4, 0.5) is 5.95 Å². The summed E-state index contributed by atoms with van der Waals surface area (Å²) < 4.78 is 0. The monoisotopic (exact) mass is 187 g/mol. The highest BCUT2D eigenvalue weighted by Crippen LogP contribution is 2.02. The summed E-state index contributed by atoms with van der Waals surface area (Å²) in [5.41, 5.74) is 2.24. The summed E-state index contributed by atoms with van der Waals surface area (Å²) in [5, 5.41) is 13.1. The van der Waals surface area contributed by atoms with Gasteiger partial charge in [-0.3, -0.25) is 0 Å². The van der Waals surface area contributed by atoms with Crippen molar-refractivity contribution in [2.45, 2.75) is 6.92 Å². The molecule has 1 aromatic carbocycles. The lowest BCUT2D eigenvalue weighted by Crippen LogP contribution is -1.80. The fourth-order valence-corrected chi connectivity index (χ4v) is 0.996. The van der Waals surface area contributed by atoms with Crippen molar-refractivity contribution >= 4 is 12.2 Å². The molecular weight excluding hydrogens is 178 g/mol. The summed E-state index contributed by atoms with van der Waals surface area (Å²) in [6, 6.07) is 8.02. The zero-order valence-electron chi connectivity index (χ0n) is 7.68. The van der Waals surface area contributed by atoms with Crippen LogP contribution >= 0.6 is 0 Å². The molecule has 0 aliphatic carbocycles. The van der Waals surface area contributed by atoms with E-state index >= 15 is 0 Å². The molecule has 1 heterocycles. The van der Waals surface area contributed by atoms with Crippen molar-refractivity contribution in [2.24, 2.45) is 4.99 Å². The summed E-state index contributed by atoms with van der Waals surface area (Å²) >= 11 is 0. The Morgan fingerprint density at radius 3 is 2.71 bits per heavy atom. The molecule has 0 radical (unpaired) electrons. The van der Waals surface area contributed by atoms with E-state index in [1.807, 2.05) is 31.2 Å². The molecule has 2 aromatic rings. The van der Waals surface area contributed by atoms with Crippen molar-refractivity contribution in [3.05, 3.63) is 35.4 Å². The van der Waals surface area contributed by atoms with Crippen LogP contribution in [0.25, 0.3) is 0 Å². The molecule has 5 heteroatoms.